The van der Waals surface area contributed by atoms with Crippen LogP contribution in [0.3, 0.4) is 0 Å². The quantitative estimate of drug-likeness (QED) is 0.885. The fraction of sp³-hybridized carbons (Fsp3) is 0.286. The third kappa shape index (κ3) is 2.45. The Morgan fingerprint density at radius 2 is 2.21 bits per heavy atom. The Morgan fingerprint density at radius 3 is 2.79 bits per heavy atom. The first-order valence-electron chi connectivity index (χ1n) is 6.22. The number of nitrogens with zero attached hydrogens (tertiary/aromatic N) is 2. The lowest BCUT2D eigenvalue weighted by Crippen LogP contribution is -2.19. The number of carbonyl (C=O) groups excluding carboxylic acids is 1. The van der Waals surface area contributed by atoms with Gasteiger partial charge < -0.3 is 11.1 Å². The van der Waals surface area contributed by atoms with Crippen molar-refractivity contribution in [3.63, 3.8) is 0 Å². The molecule has 0 aliphatic carbocycles. The molecule has 0 bridgehead atoms. The molecule has 0 unspecified atom stereocenters. The third-order valence-corrected chi connectivity index (χ3v) is 3.16. The normalized spacial score (nSPS) is 10.5. The second-order valence-corrected chi connectivity index (χ2v) is 4.49. The van der Waals surface area contributed by atoms with Crippen LogP contribution in [0.1, 0.15) is 28.5 Å². The topological polar surface area (TPSA) is 72.9 Å². The van der Waals surface area contributed by atoms with Crippen LogP contribution in [0.15, 0.2) is 24.4 Å². The molecule has 0 saturated heterocycles. The molecule has 0 spiro atoms. The van der Waals surface area contributed by atoms with Crippen LogP contribution in [-0.2, 0) is 13.5 Å². The Kier molecular flexibility index (Phi) is 3.55. The van der Waals surface area contributed by atoms with Crippen LogP contribution in [0.2, 0.25) is 0 Å². The minimum absolute atomic E-state index is 0.235. The predicted molar refractivity (Wildman–Crippen MR) is 76.1 cm³/mol. The number of aryl methyl sites for hydroxylation is 3. The van der Waals surface area contributed by atoms with Gasteiger partial charge in [-0.3, -0.25) is 9.48 Å². The van der Waals surface area contributed by atoms with Crippen molar-refractivity contribution >= 4 is 17.3 Å². The first-order chi connectivity index (χ1) is 9.04. The van der Waals surface area contributed by atoms with E-state index in [0.717, 1.165) is 23.2 Å². The van der Waals surface area contributed by atoms with E-state index < -0.39 is 0 Å². The van der Waals surface area contributed by atoms with Gasteiger partial charge in [-0.1, -0.05) is 25.1 Å². The van der Waals surface area contributed by atoms with Crippen molar-refractivity contribution in [1.82, 2.24) is 9.78 Å². The molecule has 0 atom stereocenters. The SMILES string of the molecule is CCc1cccc(C)c1NC(=O)c1c(N)cnn1C. The summed E-state index contributed by atoms with van der Waals surface area (Å²) in [7, 11) is 1.70. The highest BCUT2D eigenvalue weighted by Crippen LogP contribution is 2.22. The standard InChI is InChI=1S/C14H18N4O/c1-4-10-7-5-6-9(2)12(10)17-14(19)13-11(15)8-16-18(13)3/h5-8H,4,15H2,1-3H3,(H,17,19). The lowest BCUT2D eigenvalue weighted by atomic mass is 10.1. The van der Waals surface area contributed by atoms with Crippen LogP contribution < -0.4 is 11.1 Å². The van der Waals surface area contributed by atoms with Gasteiger partial charge in [-0.2, -0.15) is 5.10 Å². The minimum atomic E-state index is -0.235. The van der Waals surface area contributed by atoms with Gasteiger partial charge in [-0.15, -0.1) is 0 Å². The number of nitrogen functional groups attached to an aromatic ring is 1. The molecule has 0 aliphatic rings. The van der Waals surface area contributed by atoms with Gasteiger partial charge in [0.2, 0.25) is 0 Å². The van der Waals surface area contributed by atoms with E-state index >= 15 is 0 Å². The van der Waals surface area contributed by atoms with Crippen LogP contribution in [-0.4, -0.2) is 15.7 Å². The van der Waals surface area contributed by atoms with Crippen molar-refractivity contribution in [3.05, 3.63) is 41.2 Å². The number of hydrogen-bond donors (Lipinski definition) is 2. The smallest absolute Gasteiger partial charge is 0.276 e. The summed E-state index contributed by atoms with van der Waals surface area (Å²) in [5, 5.41) is 6.91. The monoisotopic (exact) mass is 258 g/mol. The Hall–Kier alpha value is -2.30. The van der Waals surface area contributed by atoms with Gasteiger partial charge in [-0.25, -0.2) is 0 Å². The highest BCUT2D eigenvalue weighted by atomic mass is 16.2. The Labute approximate surface area is 112 Å². The molecule has 1 aromatic heterocycles. The molecule has 2 aromatic rings. The summed E-state index contributed by atoms with van der Waals surface area (Å²) in [5.41, 5.74) is 9.52. The zero-order valence-corrected chi connectivity index (χ0v) is 11.4. The molecule has 0 aliphatic heterocycles. The van der Waals surface area contributed by atoms with Crippen molar-refractivity contribution in [2.24, 2.45) is 7.05 Å². The molecule has 0 fully saturated rings. The van der Waals surface area contributed by atoms with Crippen molar-refractivity contribution in [1.29, 1.82) is 0 Å². The number of para-hydroxylation sites is 1. The number of rotatable bonds is 3. The van der Waals surface area contributed by atoms with Gasteiger partial charge in [0.25, 0.3) is 5.91 Å². The highest BCUT2D eigenvalue weighted by molar-refractivity contribution is 6.07. The van der Waals surface area contributed by atoms with E-state index in [0.29, 0.717) is 11.4 Å². The molecule has 3 N–H and O–H groups in total. The summed E-state index contributed by atoms with van der Waals surface area (Å²) in [6.45, 7) is 4.03. The van der Waals surface area contributed by atoms with Crippen molar-refractivity contribution in [3.8, 4) is 0 Å². The second-order valence-electron chi connectivity index (χ2n) is 4.49. The van der Waals surface area contributed by atoms with Gasteiger partial charge in [0.05, 0.1) is 11.9 Å². The Balaban J connectivity index is 2.35. The maximum absolute atomic E-state index is 12.3. The zero-order chi connectivity index (χ0) is 14.0. The number of amides is 1. The fourth-order valence-corrected chi connectivity index (χ4v) is 2.11. The molecule has 100 valence electrons. The molecule has 0 saturated carbocycles. The number of anilines is 2. The lowest BCUT2D eigenvalue weighted by molar-refractivity contribution is 0.101. The largest absolute Gasteiger partial charge is 0.396 e. The van der Waals surface area contributed by atoms with E-state index in [4.69, 9.17) is 5.73 Å². The van der Waals surface area contributed by atoms with Gasteiger partial charge in [-0.05, 0) is 24.5 Å². The first kappa shape index (κ1) is 13.1. The molecule has 1 aromatic carbocycles. The third-order valence-electron chi connectivity index (χ3n) is 3.16. The van der Waals surface area contributed by atoms with Gasteiger partial charge in [0.1, 0.15) is 5.69 Å². The maximum atomic E-state index is 12.3. The average molecular weight is 258 g/mol. The minimum Gasteiger partial charge on any atom is -0.396 e. The lowest BCUT2D eigenvalue weighted by Gasteiger charge is -2.13. The fourth-order valence-electron chi connectivity index (χ4n) is 2.11. The summed E-state index contributed by atoms with van der Waals surface area (Å²) < 4.78 is 1.48. The second kappa shape index (κ2) is 5.14. The first-order valence-corrected chi connectivity index (χ1v) is 6.22. The number of nitrogens with two attached hydrogens (primary N) is 1. The zero-order valence-electron chi connectivity index (χ0n) is 11.4. The van der Waals surface area contributed by atoms with Gasteiger partial charge in [0, 0.05) is 12.7 Å². The summed E-state index contributed by atoms with van der Waals surface area (Å²) in [6, 6.07) is 5.97. The van der Waals surface area contributed by atoms with Gasteiger partial charge >= 0.3 is 0 Å². The van der Waals surface area contributed by atoms with E-state index in [1.165, 1.54) is 10.9 Å². The van der Waals surface area contributed by atoms with Crippen molar-refractivity contribution in [2.75, 3.05) is 11.1 Å². The number of hydrogen-bond acceptors (Lipinski definition) is 3. The molecule has 2 rings (SSSR count). The molecular formula is C14H18N4O. The van der Waals surface area contributed by atoms with E-state index in [1.807, 2.05) is 25.1 Å². The maximum Gasteiger partial charge on any atom is 0.276 e. The summed E-state index contributed by atoms with van der Waals surface area (Å²) in [4.78, 5) is 12.3. The summed E-state index contributed by atoms with van der Waals surface area (Å²) in [5.74, 6) is -0.235. The van der Waals surface area contributed by atoms with Crippen LogP contribution in [0.25, 0.3) is 0 Å². The molecular weight excluding hydrogens is 240 g/mol. The Morgan fingerprint density at radius 1 is 1.47 bits per heavy atom. The van der Waals surface area contributed by atoms with Crippen molar-refractivity contribution < 1.29 is 4.79 Å². The average Bonchev–Trinajstić information content (AvgIpc) is 2.71. The molecule has 0 radical (unpaired) electrons. The summed E-state index contributed by atoms with van der Waals surface area (Å²) in [6.07, 6.45) is 2.34. The molecule has 1 heterocycles. The van der Waals surface area contributed by atoms with E-state index in [9.17, 15) is 4.79 Å². The van der Waals surface area contributed by atoms with Gasteiger partial charge in [0.15, 0.2) is 0 Å². The summed E-state index contributed by atoms with van der Waals surface area (Å²) >= 11 is 0. The van der Waals surface area contributed by atoms with Crippen LogP contribution >= 0.6 is 0 Å². The van der Waals surface area contributed by atoms with E-state index in [-0.39, 0.29) is 5.91 Å². The highest BCUT2D eigenvalue weighted by Gasteiger charge is 2.16. The Bertz CT molecular complexity index is 596. The number of benzene rings is 1. The van der Waals surface area contributed by atoms with Crippen molar-refractivity contribution in [2.45, 2.75) is 20.3 Å². The van der Waals surface area contributed by atoms with Crippen LogP contribution in [0.5, 0.6) is 0 Å². The molecule has 5 nitrogen and oxygen atoms in total. The molecule has 5 heteroatoms. The number of carbonyl (C=O) groups is 1. The molecule has 1 amide bonds. The predicted octanol–water partition coefficient (Wildman–Crippen LogP) is 2.13. The van der Waals surface area contributed by atoms with E-state index in [1.54, 1.807) is 7.05 Å². The number of nitrogens with one attached hydrogen (secondary N) is 1. The number of aromatic nitrogens is 2. The van der Waals surface area contributed by atoms with Crippen LogP contribution in [0.4, 0.5) is 11.4 Å². The van der Waals surface area contributed by atoms with Crippen LogP contribution in [0, 0.1) is 6.92 Å². The molecule has 19 heavy (non-hydrogen) atoms. The van der Waals surface area contributed by atoms with E-state index in [2.05, 4.69) is 17.3 Å².